The molecule has 2 aliphatic heterocycles. The number of hydrogen-bond donors (Lipinski definition) is 1. The second-order valence-electron chi connectivity index (χ2n) is 4.75. The van der Waals surface area contributed by atoms with Crippen LogP contribution in [0.1, 0.15) is 25.7 Å². The molecule has 0 aromatic heterocycles. The normalized spacial score (nSPS) is 34.2. The van der Waals surface area contributed by atoms with E-state index in [0.717, 1.165) is 6.04 Å². The second kappa shape index (κ2) is 3.35. The van der Waals surface area contributed by atoms with Crippen LogP contribution < -0.4 is 5.32 Å². The Balaban J connectivity index is 1.83. The number of nitrogens with zero attached hydrogens (tertiary/aromatic N) is 1. The van der Waals surface area contributed by atoms with Gasteiger partial charge in [-0.25, -0.2) is 0 Å². The molecular formula is C10H21N2+. The molecule has 0 unspecified atom stereocenters. The number of likely N-dealkylation sites (tertiary alicyclic amines) is 1. The van der Waals surface area contributed by atoms with Crippen LogP contribution in [0.15, 0.2) is 0 Å². The van der Waals surface area contributed by atoms with Crippen molar-refractivity contribution in [1.82, 2.24) is 5.32 Å². The molecule has 0 bridgehead atoms. The van der Waals surface area contributed by atoms with Crippen LogP contribution in [0.5, 0.6) is 0 Å². The van der Waals surface area contributed by atoms with Gasteiger partial charge < -0.3 is 9.80 Å². The summed E-state index contributed by atoms with van der Waals surface area (Å²) in [6, 6.07) is 0.827. The van der Waals surface area contributed by atoms with Crippen molar-refractivity contribution in [2.24, 2.45) is 0 Å². The third kappa shape index (κ3) is 1.80. The molecule has 0 spiro atoms. The molecule has 0 aliphatic carbocycles. The maximum absolute atomic E-state index is 3.59. The molecule has 2 saturated heterocycles. The smallest absolute Gasteiger partial charge is 0.0940 e. The lowest BCUT2D eigenvalue weighted by molar-refractivity contribution is -0.898. The van der Waals surface area contributed by atoms with Gasteiger partial charge in [0.2, 0.25) is 0 Å². The highest BCUT2D eigenvalue weighted by Gasteiger charge is 2.30. The summed E-state index contributed by atoms with van der Waals surface area (Å²) in [5, 5.41) is 3.59. The Kier molecular flexibility index (Phi) is 2.37. The number of hydrogen-bond acceptors (Lipinski definition) is 1. The summed E-state index contributed by atoms with van der Waals surface area (Å²) in [6.07, 6.45) is 5.70. The van der Waals surface area contributed by atoms with Gasteiger partial charge in [0.25, 0.3) is 0 Å². The first-order valence-corrected chi connectivity index (χ1v) is 5.35. The molecular weight excluding hydrogens is 148 g/mol. The van der Waals surface area contributed by atoms with E-state index < -0.39 is 0 Å². The lowest BCUT2D eigenvalue weighted by atomic mass is 10.2. The quantitative estimate of drug-likeness (QED) is 0.608. The summed E-state index contributed by atoms with van der Waals surface area (Å²) in [5.74, 6) is 0. The van der Waals surface area contributed by atoms with Crippen molar-refractivity contribution < 1.29 is 4.48 Å². The summed E-state index contributed by atoms with van der Waals surface area (Å²) >= 11 is 0. The average molecular weight is 169 g/mol. The van der Waals surface area contributed by atoms with Gasteiger partial charge in [0.05, 0.1) is 32.7 Å². The molecule has 0 amide bonds. The summed E-state index contributed by atoms with van der Waals surface area (Å²) in [7, 11) is 2.42. The first-order chi connectivity index (χ1) is 5.79. The van der Waals surface area contributed by atoms with E-state index in [1.54, 1.807) is 0 Å². The Bertz CT molecular complexity index is 144. The number of nitrogens with one attached hydrogen (secondary N) is 1. The predicted octanol–water partition coefficient (Wildman–Crippen LogP) is 0.979. The first kappa shape index (κ1) is 8.52. The van der Waals surface area contributed by atoms with Gasteiger partial charge in [-0.05, 0) is 19.4 Å². The Labute approximate surface area is 75.5 Å². The largest absolute Gasteiger partial charge is 0.325 e. The highest BCUT2D eigenvalue weighted by Crippen LogP contribution is 2.19. The van der Waals surface area contributed by atoms with E-state index in [1.807, 2.05) is 0 Å². The standard InChI is InChI=1S/C10H21N2/c1-12(7-2-3-8-12)9-10-5-4-6-11-10/h10-11H,2-9H2,1H3/q+1/t10-/m0/s1. The molecule has 0 aromatic carbocycles. The van der Waals surface area contributed by atoms with Crippen LogP contribution in [0.3, 0.4) is 0 Å². The fourth-order valence-corrected chi connectivity index (χ4v) is 2.73. The number of quaternary nitrogens is 1. The molecule has 1 atom stereocenters. The summed E-state index contributed by atoms with van der Waals surface area (Å²) in [4.78, 5) is 0. The van der Waals surface area contributed by atoms with E-state index >= 15 is 0 Å². The zero-order valence-corrected chi connectivity index (χ0v) is 8.18. The first-order valence-electron chi connectivity index (χ1n) is 5.35. The van der Waals surface area contributed by atoms with Crippen LogP contribution in [0.2, 0.25) is 0 Å². The topological polar surface area (TPSA) is 12.0 Å². The van der Waals surface area contributed by atoms with E-state index in [1.165, 1.54) is 56.3 Å². The van der Waals surface area contributed by atoms with Crippen molar-refractivity contribution in [3.05, 3.63) is 0 Å². The molecule has 1 N–H and O–H groups in total. The fraction of sp³-hybridized carbons (Fsp3) is 1.00. The molecule has 70 valence electrons. The van der Waals surface area contributed by atoms with E-state index in [0.29, 0.717) is 0 Å². The van der Waals surface area contributed by atoms with Gasteiger partial charge in [-0.1, -0.05) is 0 Å². The van der Waals surface area contributed by atoms with Crippen LogP contribution in [0.4, 0.5) is 0 Å². The van der Waals surface area contributed by atoms with Crippen LogP contribution >= 0.6 is 0 Å². The molecule has 2 aliphatic rings. The molecule has 2 rings (SSSR count). The molecule has 2 fully saturated rings. The maximum Gasteiger partial charge on any atom is 0.0940 e. The molecule has 0 aromatic rings. The van der Waals surface area contributed by atoms with Crippen molar-refractivity contribution >= 4 is 0 Å². The SMILES string of the molecule is C[N+]1(C[C@@H]2CCCN2)CCCC1. The Morgan fingerprint density at radius 2 is 2.00 bits per heavy atom. The van der Waals surface area contributed by atoms with Gasteiger partial charge >= 0.3 is 0 Å². The Hall–Kier alpha value is -0.0800. The summed E-state index contributed by atoms with van der Waals surface area (Å²) in [6.45, 7) is 5.46. The van der Waals surface area contributed by atoms with Gasteiger partial charge in [-0.3, -0.25) is 0 Å². The van der Waals surface area contributed by atoms with Crippen molar-refractivity contribution in [1.29, 1.82) is 0 Å². The minimum Gasteiger partial charge on any atom is -0.325 e. The van der Waals surface area contributed by atoms with Gasteiger partial charge in [0, 0.05) is 12.8 Å². The minimum atomic E-state index is 0.827. The average Bonchev–Trinajstić information content (AvgIpc) is 2.62. The van der Waals surface area contributed by atoms with Crippen molar-refractivity contribution in [3.63, 3.8) is 0 Å². The van der Waals surface area contributed by atoms with E-state index in [4.69, 9.17) is 0 Å². The van der Waals surface area contributed by atoms with E-state index in [-0.39, 0.29) is 0 Å². The van der Waals surface area contributed by atoms with Crippen LogP contribution in [0, 0.1) is 0 Å². The summed E-state index contributed by atoms with van der Waals surface area (Å²) in [5.41, 5.74) is 0. The molecule has 2 heteroatoms. The molecule has 12 heavy (non-hydrogen) atoms. The number of likely N-dealkylation sites (N-methyl/N-ethyl adjacent to an activating group) is 1. The van der Waals surface area contributed by atoms with E-state index in [2.05, 4.69) is 12.4 Å². The van der Waals surface area contributed by atoms with Gasteiger partial charge in [0.1, 0.15) is 0 Å². The van der Waals surface area contributed by atoms with Gasteiger partial charge in [-0.2, -0.15) is 0 Å². The van der Waals surface area contributed by atoms with Gasteiger partial charge in [-0.15, -0.1) is 0 Å². The van der Waals surface area contributed by atoms with Crippen LogP contribution in [-0.2, 0) is 0 Å². The molecule has 0 saturated carbocycles. The highest BCUT2D eigenvalue weighted by atomic mass is 15.4. The van der Waals surface area contributed by atoms with Crippen molar-refractivity contribution in [2.75, 3.05) is 33.2 Å². The Morgan fingerprint density at radius 1 is 1.25 bits per heavy atom. The lowest BCUT2D eigenvalue weighted by Crippen LogP contribution is -2.48. The number of rotatable bonds is 2. The lowest BCUT2D eigenvalue weighted by Gasteiger charge is -2.31. The van der Waals surface area contributed by atoms with Crippen molar-refractivity contribution in [2.45, 2.75) is 31.7 Å². The fourth-order valence-electron chi connectivity index (χ4n) is 2.73. The molecule has 0 radical (unpaired) electrons. The third-order valence-corrected chi connectivity index (χ3v) is 3.47. The molecule has 2 nitrogen and oxygen atoms in total. The monoisotopic (exact) mass is 169 g/mol. The van der Waals surface area contributed by atoms with Crippen LogP contribution in [-0.4, -0.2) is 43.8 Å². The predicted molar refractivity (Wildman–Crippen MR) is 51.0 cm³/mol. The zero-order valence-electron chi connectivity index (χ0n) is 8.18. The second-order valence-corrected chi connectivity index (χ2v) is 4.75. The minimum absolute atomic E-state index is 0.827. The maximum atomic E-state index is 3.59. The third-order valence-electron chi connectivity index (χ3n) is 3.47. The molecule has 2 heterocycles. The van der Waals surface area contributed by atoms with E-state index in [9.17, 15) is 0 Å². The van der Waals surface area contributed by atoms with Crippen LogP contribution in [0.25, 0.3) is 0 Å². The van der Waals surface area contributed by atoms with Gasteiger partial charge in [0.15, 0.2) is 0 Å². The Morgan fingerprint density at radius 3 is 2.58 bits per heavy atom. The van der Waals surface area contributed by atoms with Crippen molar-refractivity contribution in [3.8, 4) is 0 Å². The highest BCUT2D eigenvalue weighted by molar-refractivity contribution is 4.74. The summed E-state index contributed by atoms with van der Waals surface area (Å²) < 4.78 is 1.33. The zero-order chi connectivity index (χ0) is 8.44.